The van der Waals surface area contributed by atoms with Crippen molar-refractivity contribution in [2.45, 2.75) is 12.6 Å². The molecule has 0 saturated carbocycles. The van der Waals surface area contributed by atoms with Crippen LogP contribution in [0.1, 0.15) is 21.9 Å². The molecule has 1 amide bonds. The van der Waals surface area contributed by atoms with E-state index in [2.05, 4.69) is 15.2 Å². The van der Waals surface area contributed by atoms with E-state index in [0.717, 1.165) is 0 Å². The van der Waals surface area contributed by atoms with Gasteiger partial charge >= 0.3 is 6.18 Å². The van der Waals surface area contributed by atoms with E-state index in [1.807, 2.05) is 0 Å². The molecule has 2 aromatic rings. The van der Waals surface area contributed by atoms with Crippen LogP contribution in [-0.4, -0.2) is 59.3 Å². The molecule has 0 bridgehead atoms. The monoisotopic (exact) mass is 387 g/mol. The first-order valence-corrected chi connectivity index (χ1v) is 8.65. The molecule has 1 aliphatic rings. The standard InChI is InChI=1S/C15H16F3N5O2S/c1-25-10-3-4-11(19-9-10)12(24)22-5-2-6-23(8-7-22)14-21-20-13(26-14)15(16,17)18/h3-4,9H,2,5-8H2,1H3. The van der Waals surface area contributed by atoms with Crippen molar-refractivity contribution in [3.8, 4) is 5.75 Å². The van der Waals surface area contributed by atoms with Gasteiger partial charge in [-0.2, -0.15) is 13.2 Å². The zero-order valence-corrected chi connectivity index (χ0v) is 14.7. The third-order valence-corrected chi connectivity index (χ3v) is 4.93. The maximum atomic E-state index is 12.7. The number of halogens is 3. The minimum absolute atomic E-state index is 0.217. The lowest BCUT2D eigenvalue weighted by Crippen LogP contribution is -2.35. The summed E-state index contributed by atoms with van der Waals surface area (Å²) in [4.78, 5) is 20.0. The fourth-order valence-corrected chi connectivity index (χ4v) is 3.32. The summed E-state index contributed by atoms with van der Waals surface area (Å²) < 4.78 is 43.1. The number of aromatic nitrogens is 3. The number of hydrogen-bond acceptors (Lipinski definition) is 7. The van der Waals surface area contributed by atoms with Gasteiger partial charge in [-0.3, -0.25) is 4.79 Å². The fraction of sp³-hybridized carbons (Fsp3) is 0.467. The van der Waals surface area contributed by atoms with Crippen LogP contribution in [0.15, 0.2) is 18.3 Å². The highest BCUT2D eigenvalue weighted by Crippen LogP contribution is 2.34. The highest BCUT2D eigenvalue weighted by molar-refractivity contribution is 7.15. The van der Waals surface area contributed by atoms with Gasteiger partial charge in [0.25, 0.3) is 5.91 Å². The summed E-state index contributed by atoms with van der Waals surface area (Å²) in [6, 6.07) is 3.24. The third kappa shape index (κ3) is 4.03. The summed E-state index contributed by atoms with van der Waals surface area (Å²) in [5.74, 6) is 0.336. The number of nitrogens with zero attached hydrogens (tertiary/aromatic N) is 5. The zero-order valence-electron chi connectivity index (χ0n) is 13.9. The Kier molecular flexibility index (Phi) is 5.25. The van der Waals surface area contributed by atoms with Crippen LogP contribution in [0.4, 0.5) is 18.3 Å². The number of carbonyl (C=O) groups excluding carboxylic acids is 1. The van der Waals surface area contributed by atoms with Crippen LogP contribution in [0.2, 0.25) is 0 Å². The molecule has 0 spiro atoms. The van der Waals surface area contributed by atoms with Gasteiger partial charge in [-0.1, -0.05) is 11.3 Å². The number of anilines is 1. The van der Waals surface area contributed by atoms with Crippen LogP contribution in [0, 0.1) is 0 Å². The molecule has 0 atom stereocenters. The quantitative estimate of drug-likeness (QED) is 0.805. The molecule has 2 aromatic heterocycles. The normalized spacial score (nSPS) is 15.7. The van der Waals surface area contributed by atoms with Gasteiger partial charge in [-0.25, -0.2) is 4.98 Å². The minimum atomic E-state index is -4.50. The van der Waals surface area contributed by atoms with Crippen molar-refractivity contribution in [3.05, 3.63) is 29.0 Å². The maximum absolute atomic E-state index is 12.7. The molecular formula is C15H16F3N5O2S. The number of hydrogen-bond donors (Lipinski definition) is 0. The van der Waals surface area contributed by atoms with E-state index in [1.165, 1.54) is 13.3 Å². The first-order valence-electron chi connectivity index (χ1n) is 7.83. The number of alkyl halides is 3. The summed E-state index contributed by atoms with van der Waals surface area (Å²) >= 11 is 0.515. The maximum Gasteiger partial charge on any atom is 0.445 e. The molecule has 0 radical (unpaired) electrons. The van der Waals surface area contributed by atoms with Crippen LogP contribution >= 0.6 is 11.3 Å². The third-order valence-electron chi connectivity index (χ3n) is 3.90. The molecule has 1 aliphatic heterocycles. The molecule has 0 unspecified atom stereocenters. The lowest BCUT2D eigenvalue weighted by molar-refractivity contribution is -0.138. The van der Waals surface area contributed by atoms with Gasteiger partial charge in [0, 0.05) is 26.2 Å². The Bertz CT molecular complexity index is 765. The average molecular weight is 387 g/mol. The molecule has 0 aromatic carbocycles. The molecule has 1 fully saturated rings. The van der Waals surface area contributed by atoms with Gasteiger partial charge in [-0.15, -0.1) is 10.2 Å². The number of pyridine rings is 1. The van der Waals surface area contributed by atoms with Crippen molar-refractivity contribution >= 4 is 22.4 Å². The van der Waals surface area contributed by atoms with Gasteiger partial charge < -0.3 is 14.5 Å². The Morgan fingerprint density at radius 2 is 2.00 bits per heavy atom. The van der Waals surface area contributed by atoms with Crippen LogP contribution in [0.3, 0.4) is 0 Å². The van der Waals surface area contributed by atoms with Crippen molar-refractivity contribution in [3.63, 3.8) is 0 Å². The highest BCUT2D eigenvalue weighted by atomic mass is 32.1. The Hall–Kier alpha value is -2.43. The lowest BCUT2D eigenvalue weighted by atomic mass is 10.3. The molecule has 1 saturated heterocycles. The molecule has 7 nitrogen and oxygen atoms in total. The minimum Gasteiger partial charge on any atom is -0.495 e. The molecule has 11 heteroatoms. The molecule has 3 rings (SSSR count). The fourth-order valence-electron chi connectivity index (χ4n) is 2.56. The molecular weight excluding hydrogens is 371 g/mol. The second-order valence-electron chi connectivity index (χ2n) is 5.60. The van der Waals surface area contributed by atoms with E-state index in [1.54, 1.807) is 21.9 Å². The summed E-state index contributed by atoms with van der Waals surface area (Å²) in [5.41, 5.74) is 0.300. The van der Waals surface area contributed by atoms with Crippen LogP contribution in [0.25, 0.3) is 0 Å². The molecule has 26 heavy (non-hydrogen) atoms. The van der Waals surface area contributed by atoms with Gasteiger partial charge in [0.15, 0.2) is 0 Å². The van der Waals surface area contributed by atoms with E-state index in [9.17, 15) is 18.0 Å². The Labute approximate surface area is 151 Å². The molecule has 3 heterocycles. The van der Waals surface area contributed by atoms with E-state index >= 15 is 0 Å². The first kappa shape index (κ1) is 18.4. The molecule has 0 aliphatic carbocycles. The van der Waals surface area contributed by atoms with E-state index < -0.39 is 11.2 Å². The topological polar surface area (TPSA) is 71.5 Å². The van der Waals surface area contributed by atoms with Gasteiger partial charge in [0.1, 0.15) is 11.4 Å². The van der Waals surface area contributed by atoms with E-state index in [-0.39, 0.29) is 11.0 Å². The van der Waals surface area contributed by atoms with Crippen LogP contribution in [-0.2, 0) is 6.18 Å². The largest absolute Gasteiger partial charge is 0.495 e. The lowest BCUT2D eigenvalue weighted by Gasteiger charge is -2.21. The van der Waals surface area contributed by atoms with E-state index in [4.69, 9.17) is 4.74 Å². The Morgan fingerprint density at radius 3 is 2.62 bits per heavy atom. The van der Waals surface area contributed by atoms with Crippen molar-refractivity contribution in [2.75, 3.05) is 38.2 Å². The predicted molar refractivity (Wildman–Crippen MR) is 88.4 cm³/mol. The van der Waals surface area contributed by atoms with Crippen LogP contribution < -0.4 is 9.64 Å². The number of amides is 1. The predicted octanol–water partition coefficient (Wildman–Crippen LogP) is 2.31. The van der Waals surface area contributed by atoms with Crippen molar-refractivity contribution in [1.29, 1.82) is 0 Å². The number of rotatable bonds is 3. The smallest absolute Gasteiger partial charge is 0.445 e. The second-order valence-corrected chi connectivity index (χ2v) is 6.56. The number of ether oxygens (including phenoxy) is 1. The average Bonchev–Trinajstić information content (AvgIpc) is 3.01. The highest BCUT2D eigenvalue weighted by Gasteiger charge is 2.36. The summed E-state index contributed by atoms with van der Waals surface area (Å²) in [6.45, 7) is 1.75. The Morgan fingerprint density at radius 1 is 1.19 bits per heavy atom. The van der Waals surface area contributed by atoms with Gasteiger partial charge in [-0.05, 0) is 18.6 Å². The summed E-state index contributed by atoms with van der Waals surface area (Å²) in [6.07, 6.45) is -2.41. The second kappa shape index (κ2) is 7.44. The van der Waals surface area contributed by atoms with Crippen molar-refractivity contribution in [1.82, 2.24) is 20.1 Å². The molecule has 0 N–H and O–H groups in total. The van der Waals surface area contributed by atoms with Crippen molar-refractivity contribution < 1.29 is 22.7 Å². The zero-order chi connectivity index (χ0) is 18.7. The SMILES string of the molecule is COc1ccc(C(=O)N2CCCN(c3nnc(C(F)(F)F)s3)CC2)nc1. The van der Waals surface area contributed by atoms with Gasteiger partial charge in [0.2, 0.25) is 10.1 Å². The van der Waals surface area contributed by atoms with Gasteiger partial charge in [0.05, 0.1) is 13.3 Å². The summed E-state index contributed by atoms with van der Waals surface area (Å²) in [7, 11) is 1.51. The Balaban J connectivity index is 1.65. The number of methoxy groups -OCH3 is 1. The van der Waals surface area contributed by atoms with Crippen LogP contribution in [0.5, 0.6) is 5.75 Å². The first-order chi connectivity index (χ1) is 12.4. The van der Waals surface area contributed by atoms with E-state index in [0.29, 0.717) is 55.4 Å². The molecule has 140 valence electrons. The number of carbonyl (C=O) groups is 1. The van der Waals surface area contributed by atoms with Crippen molar-refractivity contribution in [2.24, 2.45) is 0 Å². The summed E-state index contributed by atoms with van der Waals surface area (Å²) in [5, 5.41) is 6.10.